The van der Waals surface area contributed by atoms with Crippen molar-refractivity contribution in [3.8, 4) is 0 Å². The van der Waals surface area contributed by atoms with Crippen molar-refractivity contribution >= 4 is 11.6 Å². The molecular formula is C21H23ClN4O. The molecule has 6 heteroatoms. The molecule has 2 heterocycles. The lowest BCUT2D eigenvalue weighted by Gasteiger charge is -2.35. The molecule has 3 aromatic rings. The van der Waals surface area contributed by atoms with Crippen molar-refractivity contribution < 1.29 is 4.52 Å². The third-order valence-corrected chi connectivity index (χ3v) is 5.29. The molecule has 0 bridgehead atoms. The minimum Gasteiger partial charge on any atom is -0.338 e. The van der Waals surface area contributed by atoms with Gasteiger partial charge >= 0.3 is 0 Å². The van der Waals surface area contributed by atoms with Crippen LogP contribution >= 0.6 is 11.6 Å². The summed E-state index contributed by atoms with van der Waals surface area (Å²) in [5.41, 5.74) is 2.42. The molecule has 0 amide bonds. The highest BCUT2D eigenvalue weighted by molar-refractivity contribution is 6.31. The summed E-state index contributed by atoms with van der Waals surface area (Å²) in [4.78, 5) is 6.95. The summed E-state index contributed by atoms with van der Waals surface area (Å²) in [5, 5.41) is 8.41. The van der Waals surface area contributed by atoms with Crippen LogP contribution in [-0.4, -0.2) is 34.7 Å². The zero-order valence-electron chi connectivity index (χ0n) is 15.1. The lowest BCUT2D eigenvalue weighted by molar-refractivity contribution is 0.135. The normalized spacial score (nSPS) is 17.9. The lowest BCUT2D eigenvalue weighted by atomic mass is 10.0. The van der Waals surface area contributed by atoms with Gasteiger partial charge < -0.3 is 9.84 Å². The Balaban J connectivity index is 1.42. The van der Waals surface area contributed by atoms with E-state index in [2.05, 4.69) is 50.7 Å². The van der Waals surface area contributed by atoms with Crippen molar-refractivity contribution in [3.63, 3.8) is 0 Å². The van der Waals surface area contributed by atoms with Crippen molar-refractivity contribution in [1.82, 2.24) is 20.4 Å². The van der Waals surface area contributed by atoms with Gasteiger partial charge in [0.2, 0.25) is 5.89 Å². The Hall–Kier alpha value is -2.21. The smallest absolute Gasteiger partial charge is 0.240 e. The van der Waals surface area contributed by atoms with Crippen LogP contribution in [-0.2, 0) is 19.4 Å². The van der Waals surface area contributed by atoms with E-state index in [-0.39, 0.29) is 6.04 Å². The number of halogens is 1. The molecule has 1 aromatic heterocycles. The fraction of sp³-hybridized carbons (Fsp3) is 0.333. The first-order valence-electron chi connectivity index (χ1n) is 9.34. The number of nitrogens with zero attached hydrogens (tertiary/aromatic N) is 3. The number of hydrogen-bond donors (Lipinski definition) is 1. The van der Waals surface area contributed by atoms with E-state index in [1.54, 1.807) is 0 Å². The Morgan fingerprint density at radius 2 is 1.89 bits per heavy atom. The van der Waals surface area contributed by atoms with Crippen molar-refractivity contribution in [1.29, 1.82) is 0 Å². The van der Waals surface area contributed by atoms with Crippen LogP contribution < -0.4 is 5.32 Å². The van der Waals surface area contributed by atoms with Gasteiger partial charge in [0, 0.05) is 37.1 Å². The Morgan fingerprint density at radius 1 is 1.07 bits per heavy atom. The van der Waals surface area contributed by atoms with E-state index in [1.165, 1.54) is 5.56 Å². The maximum absolute atomic E-state index is 6.42. The molecule has 0 saturated carbocycles. The minimum atomic E-state index is 0.201. The number of benzene rings is 2. The van der Waals surface area contributed by atoms with E-state index < -0.39 is 0 Å². The predicted octanol–water partition coefficient (Wildman–Crippen LogP) is 3.65. The number of hydrogen-bond acceptors (Lipinski definition) is 5. The zero-order valence-corrected chi connectivity index (χ0v) is 15.9. The molecule has 1 saturated heterocycles. The van der Waals surface area contributed by atoms with E-state index in [0.29, 0.717) is 12.4 Å². The second-order valence-corrected chi connectivity index (χ2v) is 7.21. The predicted molar refractivity (Wildman–Crippen MR) is 106 cm³/mol. The molecule has 27 heavy (non-hydrogen) atoms. The fourth-order valence-electron chi connectivity index (χ4n) is 3.52. The van der Waals surface area contributed by atoms with Gasteiger partial charge in [-0.2, -0.15) is 4.98 Å². The molecule has 1 aliphatic rings. The molecule has 1 atom stereocenters. The molecule has 0 aliphatic carbocycles. The van der Waals surface area contributed by atoms with Crippen molar-refractivity contribution in [2.24, 2.45) is 0 Å². The molecule has 4 rings (SSSR count). The van der Waals surface area contributed by atoms with E-state index in [4.69, 9.17) is 16.1 Å². The molecule has 1 fully saturated rings. The molecule has 1 aliphatic heterocycles. The first-order chi connectivity index (χ1) is 13.3. The van der Waals surface area contributed by atoms with Gasteiger partial charge in [-0.3, -0.25) is 4.90 Å². The van der Waals surface area contributed by atoms with E-state index >= 15 is 0 Å². The van der Waals surface area contributed by atoms with Crippen LogP contribution in [0.25, 0.3) is 0 Å². The molecule has 5 nitrogen and oxygen atoms in total. The first kappa shape index (κ1) is 18.2. The first-order valence-corrected chi connectivity index (χ1v) is 9.72. The third kappa shape index (κ3) is 4.56. The van der Waals surface area contributed by atoms with Gasteiger partial charge in [-0.05, 0) is 23.6 Å². The quantitative estimate of drug-likeness (QED) is 0.705. The van der Waals surface area contributed by atoms with Gasteiger partial charge in [0.15, 0.2) is 5.82 Å². The van der Waals surface area contributed by atoms with Crippen LogP contribution in [0.3, 0.4) is 0 Å². The molecule has 1 N–H and O–H groups in total. The van der Waals surface area contributed by atoms with Crippen molar-refractivity contribution in [2.75, 3.05) is 19.6 Å². The Labute approximate surface area is 164 Å². The molecule has 0 spiro atoms. The summed E-state index contributed by atoms with van der Waals surface area (Å²) in [6.45, 7) is 3.35. The standard InChI is InChI=1S/C21H23ClN4O/c22-18-9-5-4-8-17(18)19-14-23-12-13-26(19)15-21-24-20(25-27-21)11-10-16-6-2-1-3-7-16/h1-9,19,23H,10-15H2. The number of aryl methyl sites for hydroxylation is 2. The average molecular weight is 383 g/mol. The van der Waals surface area contributed by atoms with Gasteiger partial charge in [0.05, 0.1) is 6.54 Å². The second-order valence-electron chi connectivity index (χ2n) is 6.80. The zero-order chi connectivity index (χ0) is 18.5. The molecular weight excluding hydrogens is 360 g/mol. The number of nitrogens with one attached hydrogen (secondary N) is 1. The van der Waals surface area contributed by atoms with Gasteiger partial charge in [0.1, 0.15) is 0 Å². The van der Waals surface area contributed by atoms with Gasteiger partial charge in [-0.1, -0.05) is 65.3 Å². The van der Waals surface area contributed by atoms with Crippen LogP contribution in [0.1, 0.15) is 28.9 Å². The van der Waals surface area contributed by atoms with Crippen LogP contribution in [0, 0.1) is 0 Å². The summed E-state index contributed by atoms with van der Waals surface area (Å²) < 4.78 is 5.51. The Kier molecular flexibility index (Phi) is 5.82. The van der Waals surface area contributed by atoms with E-state index in [0.717, 1.165) is 48.9 Å². The Morgan fingerprint density at radius 3 is 2.74 bits per heavy atom. The highest BCUT2D eigenvalue weighted by Crippen LogP contribution is 2.29. The maximum Gasteiger partial charge on any atom is 0.240 e. The maximum atomic E-state index is 6.42. The highest BCUT2D eigenvalue weighted by Gasteiger charge is 2.26. The summed E-state index contributed by atoms with van der Waals surface area (Å²) >= 11 is 6.42. The Bertz CT molecular complexity index is 867. The minimum absolute atomic E-state index is 0.201. The summed E-state index contributed by atoms with van der Waals surface area (Å²) in [6.07, 6.45) is 1.69. The number of rotatable bonds is 6. The third-order valence-electron chi connectivity index (χ3n) is 4.95. The van der Waals surface area contributed by atoms with Crippen molar-refractivity contribution in [2.45, 2.75) is 25.4 Å². The number of piperazine rings is 1. The van der Waals surface area contributed by atoms with Gasteiger partial charge in [-0.25, -0.2) is 0 Å². The highest BCUT2D eigenvalue weighted by atomic mass is 35.5. The lowest BCUT2D eigenvalue weighted by Crippen LogP contribution is -2.45. The second kappa shape index (κ2) is 8.65. The van der Waals surface area contributed by atoms with Crippen LogP contribution in [0.5, 0.6) is 0 Å². The van der Waals surface area contributed by atoms with Crippen LogP contribution in [0.4, 0.5) is 0 Å². The monoisotopic (exact) mass is 382 g/mol. The fourth-order valence-corrected chi connectivity index (χ4v) is 3.78. The molecule has 2 aromatic carbocycles. The van der Waals surface area contributed by atoms with E-state index in [1.807, 2.05) is 24.3 Å². The molecule has 140 valence electrons. The molecule has 1 unspecified atom stereocenters. The number of aromatic nitrogens is 2. The average Bonchev–Trinajstić information content (AvgIpc) is 3.16. The van der Waals surface area contributed by atoms with Crippen LogP contribution in [0.15, 0.2) is 59.1 Å². The van der Waals surface area contributed by atoms with E-state index in [9.17, 15) is 0 Å². The molecule has 0 radical (unpaired) electrons. The topological polar surface area (TPSA) is 54.2 Å². The van der Waals surface area contributed by atoms with Crippen LogP contribution in [0.2, 0.25) is 5.02 Å². The van der Waals surface area contributed by atoms with Crippen molar-refractivity contribution in [3.05, 3.63) is 82.5 Å². The van der Waals surface area contributed by atoms with Gasteiger partial charge in [-0.15, -0.1) is 0 Å². The summed E-state index contributed by atoms with van der Waals surface area (Å²) in [7, 11) is 0. The summed E-state index contributed by atoms with van der Waals surface area (Å²) in [5.74, 6) is 1.43. The SMILES string of the molecule is Clc1ccccc1C1CNCCN1Cc1nc(CCc2ccccc2)no1. The van der Waals surface area contributed by atoms with Gasteiger partial charge in [0.25, 0.3) is 0 Å². The summed E-state index contributed by atoms with van der Waals surface area (Å²) in [6, 6.07) is 18.6. The largest absolute Gasteiger partial charge is 0.338 e.